The molecule has 0 aliphatic heterocycles. The Labute approximate surface area is 136 Å². The van der Waals surface area contributed by atoms with Crippen LogP contribution in [0.5, 0.6) is 0 Å². The second-order valence-corrected chi connectivity index (χ2v) is 6.19. The van der Waals surface area contributed by atoms with Crippen LogP contribution in [0, 0.1) is 13.8 Å². The van der Waals surface area contributed by atoms with Gasteiger partial charge >= 0.3 is 0 Å². The molecule has 2 heterocycles. The van der Waals surface area contributed by atoms with Crippen LogP contribution in [0.15, 0.2) is 28.7 Å². The van der Waals surface area contributed by atoms with Crippen molar-refractivity contribution in [1.29, 1.82) is 0 Å². The summed E-state index contributed by atoms with van der Waals surface area (Å²) in [6.07, 6.45) is 0. The van der Waals surface area contributed by atoms with Gasteiger partial charge in [0.05, 0.1) is 15.8 Å². The molecule has 0 saturated carbocycles. The number of benzene rings is 1. The Balaban J connectivity index is 1.84. The maximum absolute atomic E-state index is 12.3. The van der Waals surface area contributed by atoms with Gasteiger partial charge in [-0.2, -0.15) is 0 Å². The second kappa shape index (κ2) is 5.85. The van der Waals surface area contributed by atoms with Gasteiger partial charge in [0.1, 0.15) is 11.5 Å². The number of carbonyl (C=O) groups is 2. The highest BCUT2D eigenvalue weighted by Crippen LogP contribution is 2.29. The molecule has 2 amide bonds. The molecule has 0 saturated heterocycles. The monoisotopic (exact) mass is 329 g/mol. The third kappa shape index (κ3) is 3.24. The zero-order chi connectivity index (χ0) is 16.6. The normalized spacial score (nSPS) is 10.7. The Kier molecular flexibility index (Phi) is 3.87. The minimum absolute atomic E-state index is 0.131. The molecule has 3 rings (SSSR count). The van der Waals surface area contributed by atoms with Crippen LogP contribution in [0.2, 0.25) is 0 Å². The van der Waals surface area contributed by atoms with E-state index in [1.54, 1.807) is 32.0 Å². The topological polar surface area (TPSA) is 84.2 Å². The molecule has 2 N–H and O–H groups in total. The number of nitrogens with one attached hydrogen (secondary N) is 2. The summed E-state index contributed by atoms with van der Waals surface area (Å²) in [4.78, 5) is 27.8. The van der Waals surface area contributed by atoms with E-state index >= 15 is 0 Å². The number of amides is 2. The van der Waals surface area contributed by atoms with Crippen molar-refractivity contribution in [3.05, 3.63) is 41.3 Å². The quantitative estimate of drug-likeness (QED) is 0.767. The molecule has 1 aromatic carbocycles. The van der Waals surface area contributed by atoms with Crippen LogP contribution in [-0.2, 0) is 4.79 Å². The molecule has 0 atom stereocenters. The first-order valence-electron chi connectivity index (χ1n) is 6.99. The van der Waals surface area contributed by atoms with Gasteiger partial charge in [-0.3, -0.25) is 14.9 Å². The van der Waals surface area contributed by atoms with Gasteiger partial charge in [-0.15, -0.1) is 0 Å². The zero-order valence-electron chi connectivity index (χ0n) is 12.9. The largest absolute Gasteiger partial charge is 0.466 e. The summed E-state index contributed by atoms with van der Waals surface area (Å²) in [5.41, 5.74) is 1.97. The molecule has 0 aliphatic carbocycles. The molecule has 0 spiro atoms. The first kappa shape index (κ1) is 15.2. The number of furan rings is 1. The van der Waals surface area contributed by atoms with E-state index in [4.69, 9.17) is 4.42 Å². The number of aromatic nitrogens is 1. The Hall–Kier alpha value is -2.67. The lowest BCUT2D eigenvalue weighted by molar-refractivity contribution is -0.114. The molecular formula is C16H15N3O3S. The van der Waals surface area contributed by atoms with Gasteiger partial charge in [-0.1, -0.05) is 11.3 Å². The van der Waals surface area contributed by atoms with Crippen molar-refractivity contribution in [3.8, 4) is 0 Å². The molecular weight excluding hydrogens is 314 g/mol. The van der Waals surface area contributed by atoms with E-state index in [1.165, 1.54) is 18.3 Å². The fraction of sp³-hybridized carbons (Fsp3) is 0.188. The Morgan fingerprint density at radius 1 is 1.17 bits per heavy atom. The number of rotatable bonds is 3. The van der Waals surface area contributed by atoms with Crippen LogP contribution < -0.4 is 10.6 Å². The number of hydrogen-bond donors (Lipinski definition) is 2. The Morgan fingerprint density at radius 2 is 1.96 bits per heavy atom. The molecule has 0 radical (unpaired) electrons. The molecule has 0 unspecified atom stereocenters. The summed E-state index contributed by atoms with van der Waals surface area (Å²) in [5, 5.41) is 6.01. The fourth-order valence-electron chi connectivity index (χ4n) is 2.28. The van der Waals surface area contributed by atoms with Gasteiger partial charge in [-0.05, 0) is 38.1 Å². The molecule has 3 aromatic rings. The lowest BCUT2D eigenvalue weighted by atomic mass is 10.2. The minimum Gasteiger partial charge on any atom is -0.466 e. The molecule has 118 valence electrons. The van der Waals surface area contributed by atoms with Crippen molar-refractivity contribution in [1.82, 2.24) is 4.98 Å². The standard InChI is InChI=1S/C16H15N3O3S/c1-8-6-12(9(2)22-8)15(21)19-16-18-13-5-4-11(17-10(3)20)7-14(13)23-16/h4-7H,1-3H3,(H,17,20)(H,18,19,21). The highest BCUT2D eigenvalue weighted by atomic mass is 32.1. The summed E-state index contributed by atoms with van der Waals surface area (Å²) < 4.78 is 6.25. The van der Waals surface area contributed by atoms with Crippen molar-refractivity contribution >= 4 is 44.2 Å². The van der Waals surface area contributed by atoms with Crippen molar-refractivity contribution in [2.45, 2.75) is 20.8 Å². The maximum atomic E-state index is 12.3. The summed E-state index contributed by atoms with van der Waals surface area (Å²) in [6.45, 7) is 5.00. The SMILES string of the molecule is CC(=O)Nc1ccc2nc(NC(=O)c3cc(C)oc3C)sc2c1. The van der Waals surface area contributed by atoms with Crippen LogP contribution in [0.3, 0.4) is 0 Å². The predicted octanol–water partition coefficient (Wildman–Crippen LogP) is 3.72. The number of carbonyl (C=O) groups excluding carboxylic acids is 2. The molecule has 0 bridgehead atoms. The summed E-state index contributed by atoms with van der Waals surface area (Å²) >= 11 is 1.35. The zero-order valence-corrected chi connectivity index (χ0v) is 13.7. The Bertz CT molecular complexity index is 911. The van der Waals surface area contributed by atoms with Crippen molar-refractivity contribution in [3.63, 3.8) is 0 Å². The van der Waals surface area contributed by atoms with Crippen molar-refractivity contribution < 1.29 is 14.0 Å². The maximum Gasteiger partial charge on any atom is 0.260 e. The molecule has 2 aromatic heterocycles. The van der Waals surface area contributed by atoms with Crippen LogP contribution in [0.1, 0.15) is 28.8 Å². The van der Waals surface area contributed by atoms with Gasteiger partial charge in [0.15, 0.2) is 5.13 Å². The second-order valence-electron chi connectivity index (χ2n) is 5.16. The molecule has 23 heavy (non-hydrogen) atoms. The van der Waals surface area contributed by atoms with Crippen LogP contribution >= 0.6 is 11.3 Å². The van der Waals surface area contributed by atoms with Crippen LogP contribution in [-0.4, -0.2) is 16.8 Å². The van der Waals surface area contributed by atoms with Crippen LogP contribution in [0.25, 0.3) is 10.2 Å². The third-order valence-corrected chi connectivity index (χ3v) is 4.15. The third-order valence-electron chi connectivity index (χ3n) is 3.21. The number of thiazole rings is 1. The van der Waals surface area contributed by atoms with Crippen molar-refractivity contribution in [2.24, 2.45) is 0 Å². The van der Waals surface area contributed by atoms with E-state index in [-0.39, 0.29) is 11.8 Å². The molecule has 0 aliphatic rings. The number of hydrogen-bond acceptors (Lipinski definition) is 5. The van der Waals surface area contributed by atoms with E-state index in [2.05, 4.69) is 15.6 Å². The van der Waals surface area contributed by atoms with Gasteiger partial charge < -0.3 is 9.73 Å². The van der Waals surface area contributed by atoms with Gasteiger partial charge in [0.25, 0.3) is 5.91 Å². The fourth-order valence-corrected chi connectivity index (χ4v) is 3.18. The van der Waals surface area contributed by atoms with Gasteiger partial charge in [0.2, 0.25) is 5.91 Å². The van der Waals surface area contributed by atoms with Gasteiger partial charge in [-0.25, -0.2) is 4.98 Å². The average Bonchev–Trinajstić information content (AvgIpc) is 2.99. The summed E-state index contributed by atoms with van der Waals surface area (Å²) in [7, 11) is 0. The molecule has 0 fully saturated rings. The number of fused-ring (bicyclic) bond motifs is 1. The average molecular weight is 329 g/mol. The van der Waals surface area contributed by atoms with E-state index in [0.717, 1.165) is 10.2 Å². The predicted molar refractivity (Wildman–Crippen MR) is 90.1 cm³/mol. The van der Waals surface area contributed by atoms with Crippen molar-refractivity contribution in [2.75, 3.05) is 10.6 Å². The highest BCUT2D eigenvalue weighted by molar-refractivity contribution is 7.22. The number of aryl methyl sites for hydroxylation is 2. The lowest BCUT2D eigenvalue weighted by Crippen LogP contribution is -2.11. The van der Waals surface area contributed by atoms with E-state index < -0.39 is 0 Å². The first-order valence-corrected chi connectivity index (χ1v) is 7.80. The first-order chi connectivity index (χ1) is 10.9. The van der Waals surface area contributed by atoms with Gasteiger partial charge in [0, 0.05) is 12.6 Å². The lowest BCUT2D eigenvalue weighted by Gasteiger charge is -1.99. The number of nitrogens with zero attached hydrogens (tertiary/aromatic N) is 1. The minimum atomic E-state index is -0.250. The molecule has 6 nitrogen and oxygen atoms in total. The number of anilines is 2. The van der Waals surface area contributed by atoms with Crippen LogP contribution in [0.4, 0.5) is 10.8 Å². The van der Waals surface area contributed by atoms with E-state index in [9.17, 15) is 9.59 Å². The Morgan fingerprint density at radius 3 is 2.61 bits per heavy atom. The highest BCUT2D eigenvalue weighted by Gasteiger charge is 2.15. The summed E-state index contributed by atoms with van der Waals surface area (Å²) in [5.74, 6) is 0.889. The summed E-state index contributed by atoms with van der Waals surface area (Å²) in [6, 6.07) is 7.11. The van der Waals surface area contributed by atoms with E-state index in [1.807, 2.05) is 6.07 Å². The molecule has 7 heteroatoms. The van der Waals surface area contributed by atoms with E-state index in [0.29, 0.717) is 27.9 Å². The smallest absolute Gasteiger partial charge is 0.260 e.